The number of nitrogens with zero attached hydrogens (tertiary/aromatic N) is 1. The van der Waals surface area contributed by atoms with Gasteiger partial charge in [0.15, 0.2) is 0 Å². The summed E-state index contributed by atoms with van der Waals surface area (Å²) < 4.78 is 20.0. The minimum atomic E-state index is -0.663. The highest BCUT2D eigenvalue weighted by Gasteiger charge is 2.38. The van der Waals surface area contributed by atoms with Crippen molar-refractivity contribution in [3.8, 4) is 0 Å². The first-order valence-electron chi connectivity index (χ1n) is 9.80. The molecule has 2 aromatic rings. The van der Waals surface area contributed by atoms with E-state index >= 15 is 0 Å². The molecule has 4 nitrogen and oxygen atoms in total. The summed E-state index contributed by atoms with van der Waals surface area (Å²) in [5.74, 6) is -1.74. The number of aryl methyl sites for hydroxylation is 1. The molecule has 0 aromatic heterocycles. The summed E-state index contributed by atoms with van der Waals surface area (Å²) >= 11 is 0. The largest absolute Gasteiger partial charge is 0.460 e. The minimum absolute atomic E-state index is 0.0205. The van der Waals surface area contributed by atoms with Crippen LogP contribution < -0.4 is 0 Å². The highest BCUT2D eigenvalue weighted by Crippen LogP contribution is 2.38. The number of ether oxygens (including phenoxy) is 1. The minimum Gasteiger partial charge on any atom is -0.460 e. The molecule has 1 amide bonds. The predicted octanol–water partition coefficient (Wildman–Crippen LogP) is 4.88. The van der Waals surface area contributed by atoms with Gasteiger partial charge in [0.05, 0.1) is 18.2 Å². The van der Waals surface area contributed by atoms with E-state index in [-0.39, 0.29) is 18.4 Å². The maximum atomic E-state index is 14.5. The molecular formula is C24H26FNO3. The van der Waals surface area contributed by atoms with Crippen LogP contribution in [0, 0.1) is 12.7 Å². The van der Waals surface area contributed by atoms with Crippen LogP contribution in [0.4, 0.5) is 4.39 Å². The summed E-state index contributed by atoms with van der Waals surface area (Å²) in [6, 6.07) is 14.2. The van der Waals surface area contributed by atoms with Crippen LogP contribution in [0.1, 0.15) is 49.8 Å². The predicted molar refractivity (Wildman–Crippen MR) is 109 cm³/mol. The van der Waals surface area contributed by atoms with Gasteiger partial charge in [0.25, 0.3) is 0 Å². The van der Waals surface area contributed by atoms with Crippen molar-refractivity contribution >= 4 is 11.9 Å². The number of allylic oxidation sites excluding steroid dienone is 1. The van der Waals surface area contributed by atoms with Crippen molar-refractivity contribution in [3.63, 3.8) is 0 Å². The molecule has 0 radical (unpaired) electrons. The van der Waals surface area contributed by atoms with Crippen molar-refractivity contribution in [2.75, 3.05) is 0 Å². The topological polar surface area (TPSA) is 46.6 Å². The number of esters is 1. The second kappa shape index (κ2) is 8.60. The highest BCUT2D eigenvalue weighted by molar-refractivity contribution is 5.96. The molecule has 1 aliphatic rings. The molecule has 2 aromatic carbocycles. The Hall–Kier alpha value is -2.95. The summed E-state index contributed by atoms with van der Waals surface area (Å²) in [7, 11) is 0. The molecule has 0 saturated carbocycles. The van der Waals surface area contributed by atoms with Crippen LogP contribution in [0.3, 0.4) is 0 Å². The van der Waals surface area contributed by atoms with Crippen LogP contribution in [0.2, 0.25) is 0 Å². The number of hydrogen-bond donors (Lipinski definition) is 0. The Morgan fingerprint density at radius 2 is 1.90 bits per heavy atom. The lowest BCUT2D eigenvalue weighted by Crippen LogP contribution is -2.38. The van der Waals surface area contributed by atoms with Crippen molar-refractivity contribution < 1.29 is 18.7 Å². The zero-order valence-corrected chi connectivity index (χ0v) is 17.2. The molecule has 3 rings (SSSR count). The average Bonchev–Trinajstić information content (AvgIpc) is 2.64. The lowest BCUT2D eigenvalue weighted by atomic mass is 9.83. The van der Waals surface area contributed by atoms with Gasteiger partial charge in [0.2, 0.25) is 5.91 Å². The number of hydrogen-bond acceptors (Lipinski definition) is 3. The fourth-order valence-corrected chi connectivity index (χ4v) is 3.76. The number of benzene rings is 2. The van der Waals surface area contributed by atoms with Gasteiger partial charge in [-0.05, 0) is 44.9 Å². The van der Waals surface area contributed by atoms with Gasteiger partial charge >= 0.3 is 5.97 Å². The third-order valence-electron chi connectivity index (χ3n) is 5.09. The Bertz CT molecular complexity index is 964. The van der Waals surface area contributed by atoms with E-state index in [9.17, 15) is 14.0 Å². The Balaban J connectivity index is 2.06. The Morgan fingerprint density at radius 1 is 1.17 bits per heavy atom. The van der Waals surface area contributed by atoms with Crippen LogP contribution in [0.25, 0.3) is 0 Å². The number of halogens is 1. The van der Waals surface area contributed by atoms with Gasteiger partial charge in [-0.3, -0.25) is 4.79 Å². The second-order valence-corrected chi connectivity index (χ2v) is 7.70. The Labute approximate surface area is 171 Å². The molecule has 0 saturated heterocycles. The number of rotatable bonds is 5. The molecule has 0 fully saturated rings. The molecule has 29 heavy (non-hydrogen) atoms. The van der Waals surface area contributed by atoms with E-state index in [1.807, 2.05) is 31.2 Å². The van der Waals surface area contributed by atoms with E-state index in [0.29, 0.717) is 23.4 Å². The van der Waals surface area contributed by atoms with Crippen LogP contribution in [-0.4, -0.2) is 22.9 Å². The van der Waals surface area contributed by atoms with E-state index in [4.69, 9.17) is 4.74 Å². The lowest BCUT2D eigenvalue weighted by molar-refractivity contribution is -0.143. The zero-order valence-electron chi connectivity index (χ0n) is 17.2. The molecule has 152 valence electrons. The number of amides is 1. The van der Waals surface area contributed by atoms with E-state index in [1.165, 1.54) is 6.07 Å². The fraction of sp³-hybridized carbons (Fsp3) is 0.333. The number of carbonyl (C=O) groups is 2. The summed E-state index contributed by atoms with van der Waals surface area (Å²) in [5.41, 5.74) is 3.26. The van der Waals surface area contributed by atoms with Gasteiger partial charge < -0.3 is 9.64 Å². The summed E-state index contributed by atoms with van der Waals surface area (Å²) in [5, 5.41) is 0. The van der Waals surface area contributed by atoms with Crippen LogP contribution in [0.15, 0.2) is 59.8 Å². The van der Waals surface area contributed by atoms with E-state index in [0.717, 1.165) is 11.1 Å². The van der Waals surface area contributed by atoms with Gasteiger partial charge in [-0.2, -0.15) is 0 Å². The molecule has 1 atom stereocenters. The maximum Gasteiger partial charge on any atom is 0.336 e. The van der Waals surface area contributed by atoms with Gasteiger partial charge in [0, 0.05) is 18.0 Å². The zero-order chi connectivity index (χ0) is 21.1. The van der Waals surface area contributed by atoms with Crippen molar-refractivity contribution in [2.24, 2.45) is 0 Å². The summed E-state index contributed by atoms with van der Waals surface area (Å²) in [4.78, 5) is 27.5. The molecule has 0 unspecified atom stereocenters. The molecule has 1 heterocycles. The van der Waals surface area contributed by atoms with Crippen LogP contribution in [0.5, 0.6) is 0 Å². The first-order chi connectivity index (χ1) is 13.8. The monoisotopic (exact) mass is 395 g/mol. The quantitative estimate of drug-likeness (QED) is 0.678. The molecule has 0 N–H and O–H groups in total. The van der Waals surface area contributed by atoms with Gasteiger partial charge in [-0.1, -0.05) is 48.0 Å². The van der Waals surface area contributed by atoms with Crippen molar-refractivity contribution in [1.29, 1.82) is 0 Å². The first-order valence-corrected chi connectivity index (χ1v) is 9.80. The molecule has 0 spiro atoms. The Kier molecular flexibility index (Phi) is 6.16. The highest BCUT2D eigenvalue weighted by atomic mass is 19.1. The van der Waals surface area contributed by atoms with Gasteiger partial charge in [0.1, 0.15) is 5.82 Å². The third-order valence-corrected chi connectivity index (χ3v) is 5.09. The van der Waals surface area contributed by atoms with Crippen molar-refractivity contribution in [3.05, 3.63) is 82.3 Å². The summed E-state index contributed by atoms with van der Waals surface area (Å²) in [6.07, 6.45) is -0.293. The summed E-state index contributed by atoms with van der Waals surface area (Å²) in [6.45, 7) is 7.62. The number of carbonyl (C=O) groups excluding carboxylic acids is 2. The van der Waals surface area contributed by atoms with Crippen LogP contribution >= 0.6 is 0 Å². The third kappa shape index (κ3) is 4.56. The standard InChI is InChI=1S/C24H26FNO3/c1-15(2)29-24(28)23-17(4)26(14-18-9-7-8-16(3)12-18)22(27)13-20(23)19-10-5-6-11-21(19)25/h5-12,15,20H,13-14H2,1-4H3/t20-/m1/s1. The van der Waals surface area contributed by atoms with E-state index in [1.54, 1.807) is 43.9 Å². The average molecular weight is 395 g/mol. The fourth-order valence-electron chi connectivity index (χ4n) is 3.76. The first kappa shape index (κ1) is 20.8. The normalized spacial score (nSPS) is 17.1. The molecule has 0 aliphatic carbocycles. The maximum absolute atomic E-state index is 14.5. The molecule has 0 bridgehead atoms. The van der Waals surface area contributed by atoms with Gasteiger partial charge in [-0.25, -0.2) is 9.18 Å². The molecule has 1 aliphatic heterocycles. The lowest BCUT2D eigenvalue weighted by Gasteiger charge is -2.35. The van der Waals surface area contributed by atoms with Gasteiger partial charge in [-0.15, -0.1) is 0 Å². The second-order valence-electron chi connectivity index (χ2n) is 7.70. The SMILES string of the molecule is CC1=C(C(=O)OC(C)C)[C@@H](c2ccccc2F)CC(=O)N1Cc1cccc(C)c1. The van der Waals surface area contributed by atoms with E-state index in [2.05, 4.69) is 0 Å². The van der Waals surface area contributed by atoms with Crippen molar-refractivity contribution in [2.45, 2.75) is 52.7 Å². The van der Waals surface area contributed by atoms with E-state index < -0.39 is 17.7 Å². The Morgan fingerprint density at radius 3 is 2.55 bits per heavy atom. The van der Waals surface area contributed by atoms with Crippen LogP contribution in [-0.2, 0) is 20.9 Å². The van der Waals surface area contributed by atoms with Crippen molar-refractivity contribution in [1.82, 2.24) is 4.90 Å². The smallest absolute Gasteiger partial charge is 0.336 e. The molecule has 5 heteroatoms. The molecular weight excluding hydrogens is 369 g/mol.